The maximum atomic E-state index is 2.28. The molecule has 12 heavy (non-hydrogen) atoms. The van der Waals surface area contributed by atoms with Crippen LogP contribution in [0.5, 0.6) is 0 Å². The fourth-order valence-electron chi connectivity index (χ4n) is 0.671. The van der Waals surface area contributed by atoms with Gasteiger partial charge in [-0.25, -0.2) is 18.2 Å². The van der Waals surface area contributed by atoms with E-state index in [-0.39, 0.29) is 17.1 Å². The van der Waals surface area contributed by atoms with E-state index in [1.807, 2.05) is 42.5 Å². The Morgan fingerprint density at radius 3 is 1.83 bits per heavy atom. The van der Waals surface area contributed by atoms with Gasteiger partial charge in [0.1, 0.15) is 0 Å². The SMILES string of the molecule is Ic1cc[cH-]c1.[Fe+2].c1cc[cH-]c1. The van der Waals surface area contributed by atoms with Crippen LogP contribution in [0.3, 0.4) is 0 Å². The molecule has 0 bridgehead atoms. The van der Waals surface area contributed by atoms with Crippen LogP contribution in [0.25, 0.3) is 0 Å². The van der Waals surface area contributed by atoms with Gasteiger partial charge in [-0.2, -0.15) is 36.4 Å². The first-order chi connectivity index (χ1) is 5.39. The maximum absolute atomic E-state index is 2.28. The number of hydrogen-bond donors (Lipinski definition) is 0. The average molecular weight is 312 g/mol. The zero-order chi connectivity index (χ0) is 7.94. The summed E-state index contributed by atoms with van der Waals surface area (Å²) in [5, 5.41) is 0. The summed E-state index contributed by atoms with van der Waals surface area (Å²) < 4.78 is 1.31. The van der Waals surface area contributed by atoms with E-state index >= 15 is 0 Å². The second-order valence-corrected chi connectivity index (χ2v) is 3.31. The Bertz CT molecular complexity index is 228. The van der Waals surface area contributed by atoms with E-state index in [0.29, 0.717) is 0 Å². The molecule has 0 aliphatic heterocycles. The topological polar surface area (TPSA) is 0 Å². The van der Waals surface area contributed by atoms with E-state index < -0.39 is 0 Å². The predicted molar refractivity (Wildman–Crippen MR) is 56.8 cm³/mol. The molecule has 0 nitrogen and oxygen atoms in total. The van der Waals surface area contributed by atoms with Crippen molar-refractivity contribution in [3.05, 3.63) is 58.2 Å². The molecule has 0 amide bonds. The van der Waals surface area contributed by atoms with Crippen molar-refractivity contribution in [1.82, 2.24) is 0 Å². The molecule has 2 heteroatoms. The van der Waals surface area contributed by atoms with Gasteiger partial charge >= 0.3 is 17.1 Å². The van der Waals surface area contributed by atoms with E-state index in [0.717, 1.165) is 0 Å². The summed E-state index contributed by atoms with van der Waals surface area (Å²) in [5.74, 6) is 0. The van der Waals surface area contributed by atoms with Crippen molar-refractivity contribution >= 4 is 22.6 Å². The van der Waals surface area contributed by atoms with Gasteiger partial charge in [-0.1, -0.05) is 0 Å². The minimum absolute atomic E-state index is 0. The van der Waals surface area contributed by atoms with Crippen molar-refractivity contribution in [3.8, 4) is 0 Å². The molecule has 0 N–H and O–H groups in total. The smallest absolute Gasteiger partial charge is 0.214 e. The third-order valence-corrected chi connectivity index (χ3v) is 1.90. The molecule has 0 heterocycles. The van der Waals surface area contributed by atoms with Gasteiger partial charge in [-0.15, -0.1) is 26.2 Å². The first-order valence-corrected chi connectivity index (χ1v) is 4.51. The van der Waals surface area contributed by atoms with Crippen LogP contribution in [0.1, 0.15) is 0 Å². The average Bonchev–Trinajstić information content (AvgIpc) is 2.57. The minimum atomic E-state index is 0. The van der Waals surface area contributed by atoms with Gasteiger partial charge in [0.05, 0.1) is 0 Å². The molecular weight excluding hydrogens is 303 g/mol. The summed E-state index contributed by atoms with van der Waals surface area (Å²) in [4.78, 5) is 0. The van der Waals surface area contributed by atoms with E-state index in [1.54, 1.807) is 0 Å². The van der Waals surface area contributed by atoms with Crippen LogP contribution >= 0.6 is 22.6 Å². The Morgan fingerprint density at radius 1 is 1.00 bits per heavy atom. The third kappa shape index (κ3) is 5.58. The molecular formula is C10H9FeI. The van der Waals surface area contributed by atoms with Crippen molar-refractivity contribution in [2.75, 3.05) is 0 Å². The van der Waals surface area contributed by atoms with Crippen molar-refractivity contribution in [2.24, 2.45) is 0 Å². The van der Waals surface area contributed by atoms with E-state index in [9.17, 15) is 0 Å². The van der Waals surface area contributed by atoms with Crippen LogP contribution in [0.2, 0.25) is 0 Å². The standard InChI is InChI=1S/C5H4I.C5H5.Fe/c6-5-3-1-2-4-5;1-2-4-5-3-1;/h1-4H;1-5H;/q2*-1;+2. The van der Waals surface area contributed by atoms with Crippen LogP contribution in [0, 0.1) is 3.57 Å². The summed E-state index contributed by atoms with van der Waals surface area (Å²) in [5.41, 5.74) is 0. The molecule has 2 rings (SSSR count). The van der Waals surface area contributed by atoms with E-state index in [2.05, 4.69) is 34.7 Å². The molecule has 0 radical (unpaired) electrons. The summed E-state index contributed by atoms with van der Waals surface area (Å²) in [6.07, 6.45) is 0. The number of hydrogen-bond acceptors (Lipinski definition) is 0. The Labute approximate surface area is 97.3 Å². The first-order valence-electron chi connectivity index (χ1n) is 3.43. The summed E-state index contributed by atoms with van der Waals surface area (Å²) >= 11 is 2.28. The third-order valence-electron chi connectivity index (χ3n) is 1.18. The first kappa shape index (κ1) is 11.9. The summed E-state index contributed by atoms with van der Waals surface area (Å²) in [7, 11) is 0. The second kappa shape index (κ2) is 7.59. The van der Waals surface area contributed by atoms with Gasteiger partial charge in [0, 0.05) is 0 Å². The van der Waals surface area contributed by atoms with Crippen LogP contribution in [0.15, 0.2) is 54.6 Å². The van der Waals surface area contributed by atoms with E-state index in [1.165, 1.54) is 3.57 Å². The summed E-state index contributed by atoms with van der Waals surface area (Å²) in [6, 6.07) is 18.2. The van der Waals surface area contributed by atoms with Crippen LogP contribution in [0.4, 0.5) is 0 Å². The molecule has 2 aromatic carbocycles. The van der Waals surface area contributed by atoms with Gasteiger partial charge in [0.25, 0.3) is 0 Å². The Hall–Kier alpha value is -0.0505. The second-order valence-electron chi connectivity index (χ2n) is 2.07. The van der Waals surface area contributed by atoms with Crippen LogP contribution < -0.4 is 0 Å². The zero-order valence-electron chi connectivity index (χ0n) is 6.43. The van der Waals surface area contributed by atoms with Gasteiger partial charge < -0.3 is 0 Å². The molecule has 2 aromatic rings. The number of halogens is 1. The maximum Gasteiger partial charge on any atom is 2.00 e. The fraction of sp³-hybridized carbons (Fsp3) is 0. The van der Waals surface area contributed by atoms with Crippen molar-refractivity contribution < 1.29 is 17.1 Å². The van der Waals surface area contributed by atoms with Crippen LogP contribution in [-0.2, 0) is 17.1 Å². The fourth-order valence-corrected chi connectivity index (χ4v) is 1.09. The molecule has 0 aromatic heterocycles. The molecule has 0 aliphatic rings. The van der Waals surface area contributed by atoms with Crippen molar-refractivity contribution in [3.63, 3.8) is 0 Å². The van der Waals surface area contributed by atoms with Gasteiger partial charge in [0.2, 0.25) is 0 Å². The molecule has 0 saturated carbocycles. The summed E-state index contributed by atoms with van der Waals surface area (Å²) in [6.45, 7) is 0. The quantitative estimate of drug-likeness (QED) is 0.397. The molecule has 0 fully saturated rings. The van der Waals surface area contributed by atoms with Crippen LogP contribution in [-0.4, -0.2) is 0 Å². The van der Waals surface area contributed by atoms with Gasteiger partial charge in [0.15, 0.2) is 0 Å². The monoisotopic (exact) mass is 312 g/mol. The molecule has 0 atom stereocenters. The van der Waals surface area contributed by atoms with Crippen molar-refractivity contribution in [2.45, 2.75) is 0 Å². The van der Waals surface area contributed by atoms with Crippen molar-refractivity contribution in [1.29, 1.82) is 0 Å². The largest absolute Gasteiger partial charge is 2.00 e. The molecule has 0 unspecified atom stereocenters. The Kier molecular flexibility index (Phi) is 7.56. The minimum Gasteiger partial charge on any atom is -0.214 e. The zero-order valence-corrected chi connectivity index (χ0v) is 9.69. The predicted octanol–water partition coefficient (Wildman–Crippen LogP) is 3.41. The molecule has 0 spiro atoms. The van der Waals surface area contributed by atoms with Gasteiger partial charge in [-0.05, 0) is 0 Å². The Balaban J connectivity index is 0.000000189. The van der Waals surface area contributed by atoms with E-state index in [4.69, 9.17) is 0 Å². The number of rotatable bonds is 0. The molecule has 0 aliphatic carbocycles. The Morgan fingerprint density at radius 2 is 1.67 bits per heavy atom. The molecule has 64 valence electrons. The van der Waals surface area contributed by atoms with Gasteiger partial charge in [-0.3, -0.25) is 0 Å². The molecule has 0 saturated heterocycles. The normalized spacial score (nSPS) is 7.75.